The van der Waals surface area contributed by atoms with E-state index >= 15 is 0 Å². The van der Waals surface area contributed by atoms with Gasteiger partial charge in [-0.3, -0.25) is 10.1 Å². The molecule has 0 radical (unpaired) electrons. The maximum absolute atomic E-state index is 11.7. The minimum absolute atomic E-state index is 0.0944. The van der Waals surface area contributed by atoms with Crippen LogP contribution in [0.4, 0.5) is 5.00 Å². The zero-order valence-corrected chi connectivity index (χ0v) is 12.9. The van der Waals surface area contributed by atoms with E-state index in [1.54, 1.807) is 29.6 Å². The first-order chi connectivity index (χ1) is 9.38. The van der Waals surface area contributed by atoms with E-state index in [0.717, 1.165) is 16.9 Å². The lowest BCUT2D eigenvalue weighted by atomic mass is 10.4. The van der Waals surface area contributed by atoms with Crippen LogP contribution in [-0.2, 0) is 15.6 Å². The molecule has 0 N–H and O–H groups in total. The summed E-state index contributed by atoms with van der Waals surface area (Å²) in [7, 11) is -3.27. The average Bonchev–Trinajstić information content (AvgIpc) is 2.84. The van der Waals surface area contributed by atoms with Crippen LogP contribution in [0, 0.1) is 10.1 Å². The Morgan fingerprint density at radius 2 is 2.05 bits per heavy atom. The van der Waals surface area contributed by atoms with Gasteiger partial charge in [0, 0.05) is 28.4 Å². The Balaban J connectivity index is 2.17. The third-order valence-corrected chi connectivity index (χ3v) is 5.82. The van der Waals surface area contributed by atoms with Crippen molar-refractivity contribution in [1.82, 2.24) is 0 Å². The van der Waals surface area contributed by atoms with Crippen LogP contribution in [0.1, 0.15) is 5.56 Å². The SMILES string of the molecule is CS(=O)(=O)c1ccccc1SCc1csc([N+](=O)[O-])c1. The molecule has 20 heavy (non-hydrogen) atoms. The molecule has 2 rings (SSSR count). The van der Waals surface area contributed by atoms with Crippen molar-refractivity contribution >= 4 is 37.9 Å². The molecule has 1 aromatic carbocycles. The number of hydrogen-bond acceptors (Lipinski definition) is 6. The summed E-state index contributed by atoms with van der Waals surface area (Å²) in [4.78, 5) is 11.1. The number of sulfone groups is 1. The zero-order chi connectivity index (χ0) is 14.8. The van der Waals surface area contributed by atoms with Crippen molar-refractivity contribution in [2.24, 2.45) is 0 Å². The topological polar surface area (TPSA) is 77.3 Å². The summed E-state index contributed by atoms with van der Waals surface area (Å²) in [5.74, 6) is 0.497. The predicted molar refractivity (Wildman–Crippen MR) is 80.1 cm³/mol. The Labute approximate surface area is 124 Å². The minimum atomic E-state index is -3.27. The van der Waals surface area contributed by atoms with Gasteiger partial charge in [0.1, 0.15) is 0 Å². The molecule has 0 saturated carbocycles. The third kappa shape index (κ3) is 3.59. The van der Waals surface area contributed by atoms with E-state index in [9.17, 15) is 18.5 Å². The van der Waals surface area contributed by atoms with E-state index < -0.39 is 14.8 Å². The van der Waals surface area contributed by atoms with Crippen molar-refractivity contribution in [3.05, 3.63) is 51.4 Å². The molecule has 0 bridgehead atoms. The summed E-state index contributed by atoms with van der Waals surface area (Å²) in [5.41, 5.74) is 0.815. The number of nitro groups is 1. The number of thiophene rings is 1. The first-order valence-corrected chi connectivity index (χ1v) is 9.27. The molecule has 106 valence electrons. The van der Waals surface area contributed by atoms with Gasteiger partial charge in [-0.25, -0.2) is 8.42 Å². The normalized spacial score (nSPS) is 11.4. The molecular weight excluding hydrogens is 318 g/mol. The molecule has 0 saturated heterocycles. The molecule has 1 heterocycles. The Hall–Kier alpha value is -1.38. The molecule has 0 aliphatic rings. The highest BCUT2D eigenvalue weighted by Crippen LogP contribution is 2.32. The standard InChI is InChI=1S/C12H11NO4S3/c1-20(16,17)11-5-3-2-4-10(11)18-7-9-6-12(13(14)15)19-8-9/h2-6,8H,7H2,1H3. The van der Waals surface area contributed by atoms with Crippen LogP contribution in [-0.4, -0.2) is 19.6 Å². The van der Waals surface area contributed by atoms with Crippen LogP contribution in [0.2, 0.25) is 0 Å². The molecule has 0 amide bonds. The highest BCUT2D eigenvalue weighted by atomic mass is 32.2. The van der Waals surface area contributed by atoms with Crippen molar-refractivity contribution in [3.63, 3.8) is 0 Å². The van der Waals surface area contributed by atoms with E-state index in [2.05, 4.69) is 0 Å². The molecule has 8 heteroatoms. The Morgan fingerprint density at radius 3 is 2.65 bits per heavy atom. The maximum Gasteiger partial charge on any atom is 0.324 e. The maximum atomic E-state index is 11.7. The number of thioether (sulfide) groups is 1. The summed E-state index contributed by atoms with van der Waals surface area (Å²) in [6.07, 6.45) is 1.17. The zero-order valence-electron chi connectivity index (χ0n) is 10.5. The highest BCUT2D eigenvalue weighted by Gasteiger charge is 2.14. The highest BCUT2D eigenvalue weighted by molar-refractivity contribution is 7.99. The summed E-state index contributed by atoms with van der Waals surface area (Å²) in [6.45, 7) is 0. The first-order valence-electron chi connectivity index (χ1n) is 5.51. The van der Waals surface area contributed by atoms with Gasteiger partial charge < -0.3 is 0 Å². The largest absolute Gasteiger partial charge is 0.324 e. The second-order valence-electron chi connectivity index (χ2n) is 4.06. The van der Waals surface area contributed by atoms with Gasteiger partial charge in [0.25, 0.3) is 0 Å². The number of hydrogen-bond donors (Lipinski definition) is 0. The lowest BCUT2D eigenvalue weighted by Crippen LogP contribution is -1.98. The van der Waals surface area contributed by atoms with Gasteiger partial charge in [0.05, 0.1) is 9.82 Å². The van der Waals surface area contributed by atoms with Crippen LogP contribution < -0.4 is 0 Å². The van der Waals surface area contributed by atoms with Crippen molar-refractivity contribution in [3.8, 4) is 0 Å². The fraction of sp³-hybridized carbons (Fsp3) is 0.167. The van der Waals surface area contributed by atoms with E-state index in [1.165, 1.54) is 24.1 Å². The van der Waals surface area contributed by atoms with Crippen molar-refractivity contribution in [2.45, 2.75) is 15.5 Å². The van der Waals surface area contributed by atoms with E-state index in [4.69, 9.17) is 0 Å². The van der Waals surface area contributed by atoms with Gasteiger partial charge in [-0.05, 0) is 17.7 Å². The van der Waals surface area contributed by atoms with Gasteiger partial charge >= 0.3 is 5.00 Å². The number of rotatable bonds is 5. The quantitative estimate of drug-likeness (QED) is 0.477. The first kappa shape index (κ1) is 15.0. The van der Waals surface area contributed by atoms with Crippen LogP contribution in [0.25, 0.3) is 0 Å². The van der Waals surface area contributed by atoms with E-state index in [0.29, 0.717) is 10.6 Å². The molecule has 0 aliphatic carbocycles. The van der Waals surface area contributed by atoms with Crippen LogP contribution in [0.15, 0.2) is 45.5 Å². The van der Waals surface area contributed by atoms with Gasteiger partial charge in [-0.1, -0.05) is 23.5 Å². The molecule has 0 aliphatic heterocycles. The van der Waals surface area contributed by atoms with E-state index in [-0.39, 0.29) is 9.90 Å². The van der Waals surface area contributed by atoms with Crippen molar-refractivity contribution in [1.29, 1.82) is 0 Å². The Morgan fingerprint density at radius 1 is 1.35 bits per heavy atom. The lowest BCUT2D eigenvalue weighted by molar-refractivity contribution is -0.380. The molecule has 2 aromatic rings. The fourth-order valence-electron chi connectivity index (χ4n) is 1.57. The number of benzene rings is 1. The molecular formula is C12H11NO4S3. The van der Waals surface area contributed by atoms with Gasteiger partial charge in [0.15, 0.2) is 9.84 Å². The second kappa shape index (κ2) is 5.94. The summed E-state index contributed by atoms with van der Waals surface area (Å²) in [6, 6.07) is 8.26. The molecule has 0 unspecified atom stereocenters. The van der Waals surface area contributed by atoms with Gasteiger partial charge in [-0.15, -0.1) is 11.8 Å². The average molecular weight is 329 g/mol. The number of nitrogens with zero attached hydrogens (tertiary/aromatic N) is 1. The predicted octanol–water partition coefficient (Wildman–Crippen LogP) is 3.35. The molecule has 0 spiro atoms. The molecule has 0 atom stereocenters. The fourth-order valence-corrected chi connectivity index (χ4v) is 4.67. The van der Waals surface area contributed by atoms with Crippen LogP contribution in [0.3, 0.4) is 0 Å². The van der Waals surface area contributed by atoms with Gasteiger partial charge in [-0.2, -0.15) is 0 Å². The molecule has 1 aromatic heterocycles. The summed E-state index contributed by atoms with van der Waals surface area (Å²) in [5, 5.41) is 12.4. The Bertz CT molecular complexity index is 737. The van der Waals surface area contributed by atoms with Crippen LogP contribution >= 0.6 is 23.1 Å². The monoisotopic (exact) mass is 329 g/mol. The lowest BCUT2D eigenvalue weighted by Gasteiger charge is -2.06. The minimum Gasteiger partial charge on any atom is -0.258 e. The molecule has 5 nitrogen and oxygen atoms in total. The van der Waals surface area contributed by atoms with E-state index in [1.807, 2.05) is 0 Å². The third-order valence-electron chi connectivity index (χ3n) is 2.46. The van der Waals surface area contributed by atoms with Crippen molar-refractivity contribution in [2.75, 3.05) is 6.26 Å². The van der Waals surface area contributed by atoms with Crippen LogP contribution in [0.5, 0.6) is 0 Å². The summed E-state index contributed by atoms with van der Waals surface area (Å²) < 4.78 is 23.3. The molecule has 0 fully saturated rings. The van der Waals surface area contributed by atoms with Crippen molar-refractivity contribution < 1.29 is 13.3 Å². The summed E-state index contributed by atoms with van der Waals surface area (Å²) >= 11 is 2.43. The second-order valence-corrected chi connectivity index (χ2v) is 7.95. The Kier molecular flexibility index (Phi) is 4.46. The van der Waals surface area contributed by atoms with Gasteiger partial charge in [0.2, 0.25) is 0 Å². The smallest absolute Gasteiger partial charge is 0.258 e.